The van der Waals surface area contributed by atoms with E-state index in [1.54, 1.807) is 44.2 Å². The van der Waals surface area contributed by atoms with Crippen molar-refractivity contribution < 1.29 is 22.5 Å². The Balaban J connectivity index is 0.000000867. The second kappa shape index (κ2) is 11.5. The van der Waals surface area contributed by atoms with Crippen molar-refractivity contribution in [1.82, 2.24) is 4.90 Å². The van der Waals surface area contributed by atoms with Gasteiger partial charge in [-0.15, -0.1) is 0 Å². The maximum Gasteiger partial charge on any atom is 0.311 e. The number of nitrogens with zero attached hydrogens (tertiary/aromatic N) is 3. The molecule has 2 aliphatic heterocycles. The molecule has 3 N–H and O–H groups in total. The highest BCUT2D eigenvalue weighted by atomic mass is 35.5. The molecule has 0 saturated carbocycles. The summed E-state index contributed by atoms with van der Waals surface area (Å²) in [5.74, 6) is 0.500. The Morgan fingerprint density at radius 1 is 1.02 bits per heavy atom. The highest BCUT2D eigenvalue weighted by Crippen LogP contribution is 2.43. The molecule has 1 atom stereocenters. The van der Waals surface area contributed by atoms with E-state index in [0.29, 0.717) is 29.1 Å². The van der Waals surface area contributed by atoms with Crippen LogP contribution in [0.15, 0.2) is 76.7 Å². The molecule has 2 heterocycles. The first kappa shape index (κ1) is 29.4. The smallest absolute Gasteiger partial charge is 0.311 e. The minimum Gasteiger partial charge on any atom is -0.481 e. The van der Waals surface area contributed by atoms with E-state index in [9.17, 15) is 8.42 Å². The molecule has 0 aliphatic carbocycles. The summed E-state index contributed by atoms with van der Waals surface area (Å²) in [5.41, 5.74) is 8.77. The Morgan fingerprint density at radius 3 is 2.25 bits per heavy atom. The van der Waals surface area contributed by atoms with Crippen LogP contribution in [0.5, 0.6) is 5.75 Å². The fraction of sp³-hybridized carbons (Fsp3) is 0.250. The minimum absolute atomic E-state index is 0.227. The van der Waals surface area contributed by atoms with Crippen LogP contribution in [0.1, 0.15) is 31.9 Å². The number of nitrogens with two attached hydrogens (primary N) is 1. The topological polar surface area (TPSA) is 135 Å². The van der Waals surface area contributed by atoms with Crippen molar-refractivity contribution in [2.24, 2.45) is 15.7 Å². The lowest BCUT2D eigenvalue weighted by Gasteiger charge is -2.29. The van der Waals surface area contributed by atoms with Gasteiger partial charge in [0.2, 0.25) is 0 Å². The van der Waals surface area contributed by atoms with Crippen molar-refractivity contribution in [3.63, 3.8) is 0 Å². The molecule has 0 spiro atoms. The first-order valence-corrected chi connectivity index (χ1v) is 14.5. The number of halogens is 2. The van der Waals surface area contributed by atoms with Crippen molar-refractivity contribution in [2.45, 2.75) is 31.6 Å². The fourth-order valence-corrected chi connectivity index (χ4v) is 5.54. The number of carboxylic acid groups (broad SMARTS) is 1. The summed E-state index contributed by atoms with van der Waals surface area (Å²) in [7, 11) is -3.72. The number of amidine groups is 1. The van der Waals surface area contributed by atoms with Crippen LogP contribution >= 0.6 is 23.2 Å². The van der Waals surface area contributed by atoms with Gasteiger partial charge in [-0.1, -0.05) is 53.5 Å². The second-order valence-electron chi connectivity index (χ2n) is 9.44. The molecule has 0 aromatic heterocycles. The summed E-state index contributed by atoms with van der Waals surface area (Å²) >= 11 is 12.5. The molecular formula is C28H28Cl2N4O5S. The van der Waals surface area contributed by atoms with Gasteiger partial charge >= 0.3 is 10.1 Å². The Bertz CT molecular complexity index is 1580. The number of fused-ring (bicyclic) bond motifs is 1. The van der Waals surface area contributed by atoms with Gasteiger partial charge in [0.15, 0.2) is 11.5 Å². The molecule has 2 aliphatic rings. The quantitative estimate of drug-likeness (QED) is 0.372. The van der Waals surface area contributed by atoms with E-state index in [1.807, 2.05) is 41.3 Å². The number of rotatable bonds is 6. The summed E-state index contributed by atoms with van der Waals surface area (Å²) in [6, 6.07) is 20.2. The van der Waals surface area contributed by atoms with Crippen LogP contribution < -0.4 is 9.92 Å². The number of carboxylic acids is 1. The van der Waals surface area contributed by atoms with Gasteiger partial charge in [0.05, 0.1) is 11.8 Å². The normalized spacial score (nSPS) is 18.0. The fourth-order valence-electron chi connectivity index (χ4n) is 4.44. The Labute approximate surface area is 243 Å². The van der Waals surface area contributed by atoms with Gasteiger partial charge in [0.1, 0.15) is 11.6 Å². The van der Waals surface area contributed by atoms with Gasteiger partial charge in [0, 0.05) is 23.5 Å². The number of hydrogen-bond acceptors (Lipinski definition) is 8. The number of guanidine groups is 1. The van der Waals surface area contributed by atoms with E-state index >= 15 is 0 Å². The zero-order valence-electron chi connectivity index (χ0n) is 22.0. The van der Waals surface area contributed by atoms with Crippen LogP contribution in [0.4, 0.5) is 0 Å². The summed E-state index contributed by atoms with van der Waals surface area (Å²) < 4.78 is 29.7. The second-order valence-corrected chi connectivity index (χ2v) is 12.4. The molecule has 0 radical (unpaired) electrons. The average molecular weight is 604 g/mol. The molecule has 1 unspecified atom stereocenters. The lowest BCUT2D eigenvalue weighted by Crippen LogP contribution is -2.41. The lowest BCUT2D eigenvalue weighted by molar-refractivity contribution is -0.134. The van der Waals surface area contributed by atoms with Gasteiger partial charge < -0.3 is 15.0 Å². The molecule has 0 saturated heterocycles. The number of benzene rings is 3. The standard InChI is InChI=1S/C26H24Cl2N4O3S.C2H4O2/c1-16(2)36(33,34)35-23-8-6-19(7-9-23)26(24-30-10-11-32(24)25(29)31-26)20-5-3-4-17(12-20)18-13-21(27)15-22(28)14-18;1-2(3)4/h3-9,12-16H,10-11H2,1-2H3,(H2,29,31);1H3,(H,3,4). The number of hydrogen-bond donors (Lipinski definition) is 2. The van der Waals surface area contributed by atoms with Crippen molar-refractivity contribution in [1.29, 1.82) is 0 Å². The largest absolute Gasteiger partial charge is 0.481 e. The highest BCUT2D eigenvalue weighted by Gasteiger charge is 2.50. The van der Waals surface area contributed by atoms with Gasteiger partial charge in [-0.3, -0.25) is 14.7 Å². The summed E-state index contributed by atoms with van der Waals surface area (Å²) in [6.45, 7) is 5.47. The molecule has 5 rings (SSSR count). The SMILES string of the molecule is CC(=O)O.CC(C)S(=O)(=O)Oc1ccc(C2(c3cccc(-c4cc(Cl)cc(Cl)c4)c3)N=C(N)N3CCN=C32)cc1. The summed E-state index contributed by atoms with van der Waals surface area (Å²) in [6.07, 6.45) is 0. The third-order valence-electron chi connectivity index (χ3n) is 6.26. The van der Waals surface area contributed by atoms with Crippen LogP contribution in [0.2, 0.25) is 10.0 Å². The van der Waals surface area contributed by atoms with Crippen molar-refractivity contribution in [3.05, 3.63) is 87.9 Å². The number of carbonyl (C=O) groups is 1. The van der Waals surface area contributed by atoms with Crippen molar-refractivity contribution in [3.8, 4) is 16.9 Å². The van der Waals surface area contributed by atoms with Gasteiger partial charge in [-0.05, 0) is 72.5 Å². The van der Waals surface area contributed by atoms with E-state index < -0.39 is 26.9 Å². The first-order valence-electron chi connectivity index (χ1n) is 12.3. The minimum atomic E-state index is -3.72. The van der Waals surface area contributed by atoms with E-state index in [2.05, 4.69) is 0 Å². The van der Waals surface area contributed by atoms with Gasteiger partial charge in [-0.25, -0.2) is 4.99 Å². The molecule has 9 nitrogen and oxygen atoms in total. The third-order valence-corrected chi connectivity index (χ3v) is 8.28. The van der Waals surface area contributed by atoms with Crippen LogP contribution in [0.3, 0.4) is 0 Å². The Kier molecular flexibility index (Phi) is 8.44. The Hall–Kier alpha value is -3.60. The molecule has 3 aromatic rings. The molecule has 0 amide bonds. The maximum atomic E-state index is 12.2. The molecule has 210 valence electrons. The van der Waals surface area contributed by atoms with E-state index in [4.69, 9.17) is 53.0 Å². The molecule has 0 fully saturated rings. The Morgan fingerprint density at radius 2 is 1.65 bits per heavy atom. The van der Waals surface area contributed by atoms with E-state index in [1.165, 1.54) is 0 Å². The zero-order valence-corrected chi connectivity index (χ0v) is 24.3. The first-order chi connectivity index (χ1) is 18.8. The van der Waals surface area contributed by atoms with Gasteiger partial charge in [-0.2, -0.15) is 8.42 Å². The zero-order chi connectivity index (χ0) is 29.2. The van der Waals surface area contributed by atoms with Crippen LogP contribution in [-0.2, 0) is 20.5 Å². The van der Waals surface area contributed by atoms with Crippen LogP contribution in [-0.4, -0.2) is 54.5 Å². The molecular weight excluding hydrogens is 575 g/mol. The predicted octanol–water partition coefficient (Wildman–Crippen LogP) is 5.15. The highest BCUT2D eigenvalue weighted by molar-refractivity contribution is 7.87. The van der Waals surface area contributed by atoms with Gasteiger partial charge in [0.25, 0.3) is 5.97 Å². The third kappa shape index (κ3) is 5.94. The number of aliphatic imine (C=N–C) groups is 2. The van der Waals surface area contributed by atoms with Crippen LogP contribution in [0.25, 0.3) is 11.1 Å². The van der Waals surface area contributed by atoms with Crippen molar-refractivity contribution >= 4 is 51.1 Å². The lowest BCUT2D eigenvalue weighted by atomic mass is 9.81. The summed E-state index contributed by atoms with van der Waals surface area (Å²) in [5, 5.41) is 7.84. The number of aliphatic carboxylic acids is 1. The molecule has 40 heavy (non-hydrogen) atoms. The summed E-state index contributed by atoms with van der Waals surface area (Å²) in [4.78, 5) is 20.6. The predicted molar refractivity (Wildman–Crippen MR) is 158 cm³/mol. The van der Waals surface area contributed by atoms with E-state index in [0.717, 1.165) is 35.0 Å². The average Bonchev–Trinajstić information content (AvgIpc) is 3.47. The van der Waals surface area contributed by atoms with Crippen LogP contribution in [0, 0.1) is 0 Å². The van der Waals surface area contributed by atoms with E-state index in [-0.39, 0.29) is 5.75 Å². The maximum absolute atomic E-state index is 12.2. The molecule has 0 bridgehead atoms. The molecule has 12 heteroatoms. The molecule has 3 aromatic carbocycles. The monoisotopic (exact) mass is 602 g/mol. The van der Waals surface area contributed by atoms with Crippen molar-refractivity contribution in [2.75, 3.05) is 13.1 Å².